The minimum atomic E-state index is -0.325. The topological polar surface area (TPSA) is 27.0 Å². The highest BCUT2D eigenvalue weighted by atomic mass is 35.5. The summed E-state index contributed by atoms with van der Waals surface area (Å²) in [7, 11) is 0. The first-order chi connectivity index (χ1) is 6.78. The van der Waals surface area contributed by atoms with Crippen LogP contribution in [0.1, 0.15) is 25.7 Å². The van der Waals surface area contributed by atoms with Gasteiger partial charge < -0.3 is 4.90 Å². The molecule has 2 bridgehead atoms. The molecule has 0 aromatic carbocycles. The van der Waals surface area contributed by atoms with Crippen molar-refractivity contribution in [2.75, 3.05) is 19.6 Å². The Balaban J connectivity index is 1.86. The largest absolute Gasteiger partial charge is 0.300 e. The van der Waals surface area contributed by atoms with Crippen molar-refractivity contribution in [1.82, 2.24) is 4.90 Å². The maximum absolute atomic E-state index is 8.66. The second-order valence-electron chi connectivity index (χ2n) is 4.71. The number of halogens is 1. The van der Waals surface area contributed by atoms with Crippen LogP contribution in [0.3, 0.4) is 0 Å². The van der Waals surface area contributed by atoms with Gasteiger partial charge in [0.1, 0.15) is 5.38 Å². The van der Waals surface area contributed by atoms with E-state index < -0.39 is 0 Å². The Morgan fingerprint density at radius 2 is 2.00 bits per heavy atom. The number of fused-ring (bicyclic) bond motifs is 2. The number of hydrogen-bond acceptors (Lipinski definition) is 2. The molecular formula is C11H17ClN2. The normalized spacial score (nSPS) is 34.9. The summed E-state index contributed by atoms with van der Waals surface area (Å²) in [4.78, 5) is 2.39. The minimum Gasteiger partial charge on any atom is -0.300 e. The maximum atomic E-state index is 8.66. The summed E-state index contributed by atoms with van der Waals surface area (Å²) in [5, 5.41) is 8.33. The van der Waals surface area contributed by atoms with Gasteiger partial charge in [0.05, 0.1) is 6.07 Å². The molecule has 14 heavy (non-hydrogen) atoms. The first-order valence-electron chi connectivity index (χ1n) is 5.54. The molecule has 2 fully saturated rings. The van der Waals surface area contributed by atoms with Gasteiger partial charge in [0.15, 0.2) is 0 Å². The van der Waals surface area contributed by atoms with E-state index in [1.165, 1.54) is 38.8 Å². The van der Waals surface area contributed by atoms with E-state index in [2.05, 4.69) is 11.0 Å². The van der Waals surface area contributed by atoms with E-state index in [0.717, 1.165) is 18.4 Å². The fraction of sp³-hybridized carbons (Fsp3) is 0.909. The van der Waals surface area contributed by atoms with E-state index in [1.54, 1.807) is 0 Å². The Morgan fingerprint density at radius 1 is 1.36 bits per heavy atom. The van der Waals surface area contributed by atoms with Gasteiger partial charge in [-0.15, -0.1) is 11.6 Å². The fourth-order valence-electron chi connectivity index (χ4n) is 2.96. The quantitative estimate of drug-likeness (QED) is 0.657. The maximum Gasteiger partial charge on any atom is 0.133 e. The van der Waals surface area contributed by atoms with Crippen molar-refractivity contribution in [2.45, 2.75) is 31.1 Å². The number of piperidine rings is 1. The molecule has 2 aliphatic rings. The van der Waals surface area contributed by atoms with Crippen LogP contribution in [0.5, 0.6) is 0 Å². The first-order valence-corrected chi connectivity index (χ1v) is 5.97. The van der Waals surface area contributed by atoms with Crippen molar-refractivity contribution in [3.8, 4) is 6.07 Å². The molecule has 3 atom stereocenters. The molecule has 1 aliphatic heterocycles. The summed E-state index contributed by atoms with van der Waals surface area (Å²) >= 11 is 5.85. The van der Waals surface area contributed by atoms with Crippen molar-refractivity contribution in [1.29, 1.82) is 5.26 Å². The van der Waals surface area contributed by atoms with Crippen LogP contribution in [0, 0.1) is 23.2 Å². The molecule has 1 aliphatic carbocycles. The molecule has 0 radical (unpaired) electrons. The third-order valence-corrected chi connectivity index (χ3v) is 3.72. The molecule has 0 aromatic rings. The number of nitriles is 1. The summed E-state index contributed by atoms with van der Waals surface area (Å²) in [5.41, 5.74) is 0. The Bertz CT molecular complexity index is 224. The lowest BCUT2D eigenvalue weighted by Crippen LogP contribution is -2.44. The molecule has 1 saturated heterocycles. The van der Waals surface area contributed by atoms with Crippen LogP contribution in [-0.2, 0) is 0 Å². The molecule has 0 aromatic heterocycles. The average molecular weight is 213 g/mol. The van der Waals surface area contributed by atoms with Gasteiger partial charge in [-0.1, -0.05) is 6.42 Å². The highest BCUT2D eigenvalue weighted by Crippen LogP contribution is 2.34. The van der Waals surface area contributed by atoms with Gasteiger partial charge in [0.25, 0.3) is 0 Å². The molecule has 0 spiro atoms. The number of likely N-dealkylation sites (tertiary alicyclic amines) is 1. The zero-order valence-corrected chi connectivity index (χ0v) is 9.21. The molecule has 0 N–H and O–H groups in total. The molecule has 2 nitrogen and oxygen atoms in total. The average Bonchev–Trinajstić information content (AvgIpc) is 2.17. The van der Waals surface area contributed by atoms with Gasteiger partial charge in [0, 0.05) is 19.6 Å². The lowest BCUT2D eigenvalue weighted by Gasteiger charge is -2.41. The molecule has 3 unspecified atom stereocenters. The van der Waals surface area contributed by atoms with Crippen molar-refractivity contribution in [3.63, 3.8) is 0 Å². The summed E-state index contributed by atoms with van der Waals surface area (Å²) in [6.07, 6.45) is 5.58. The van der Waals surface area contributed by atoms with E-state index >= 15 is 0 Å². The van der Waals surface area contributed by atoms with Gasteiger partial charge >= 0.3 is 0 Å². The van der Waals surface area contributed by atoms with Crippen LogP contribution in [-0.4, -0.2) is 29.9 Å². The second kappa shape index (κ2) is 4.51. The zero-order valence-electron chi connectivity index (χ0n) is 8.45. The van der Waals surface area contributed by atoms with Gasteiger partial charge in [-0.3, -0.25) is 0 Å². The van der Waals surface area contributed by atoms with Crippen LogP contribution in [0.25, 0.3) is 0 Å². The van der Waals surface area contributed by atoms with E-state index in [4.69, 9.17) is 16.9 Å². The van der Waals surface area contributed by atoms with Crippen molar-refractivity contribution in [3.05, 3.63) is 0 Å². The number of hydrogen-bond donors (Lipinski definition) is 0. The van der Waals surface area contributed by atoms with Gasteiger partial charge in [-0.25, -0.2) is 0 Å². The van der Waals surface area contributed by atoms with Gasteiger partial charge in [-0.2, -0.15) is 5.26 Å². The van der Waals surface area contributed by atoms with Crippen LogP contribution in [0.2, 0.25) is 0 Å². The molecule has 1 heterocycles. The summed E-state index contributed by atoms with van der Waals surface area (Å²) in [5.74, 6) is 1.76. The summed E-state index contributed by atoms with van der Waals surface area (Å²) < 4.78 is 0. The monoisotopic (exact) mass is 212 g/mol. The van der Waals surface area contributed by atoms with Crippen molar-refractivity contribution in [2.24, 2.45) is 11.8 Å². The van der Waals surface area contributed by atoms with Crippen LogP contribution < -0.4 is 0 Å². The van der Waals surface area contributed by atoms with Crippen LogP contribution in [0.15, 0.2) is 0 Å². The SMILES string of the molecule is N#CC(Cl)CN1CC2CCCC(C2)C1. The third kappa shape index (κ3) is 2.40. The highest BCUT2D eigenvalue weighted by Gasteiger charge is 2.30. The molecular weight excluding hydrogens is 196 g/mol. The summed E-state index contributed by atoms with van der Waals surface area (Å²) in [6.45, 7) is 3.09. The molecule has 2 rings (SSSR count). The smallest absolute Gasteiger partial charge is 0.133 e. The Hall–Kier alpha value is -0.260. The van der Waals surface area contributed by atoms with Gasteiger partial charge in [-0.05, 0) is 31.1 Å². The predicted molar refractivity (Wildman–Crippen MR) is 57.1 cm³/mol. The van der Waals surface area contributed by atoms with Crippen LogP contribution >= 0.6 is 11.6 Å². The van der Waals surface area contributed by atoms with E-state index in [-0.39, 0.29) is 5.38 Å². The number of nitrogens with zero attached hydrogens (tertiary/aromatic N) is 2. The number of alkyl halides is 1. The Kier molecular flexibility index (Phi) is 3.30. The lowest BCUT2D eigenvalue weighted by atomic mass is 9.78. The van der Waals surface area contributed by atoms with E-state index in [1.807, 2.05) is 0 Å². The minimum absolute atomic E-state index is 0.325. The molecule has 1 saturated carbocycles. The summed E-state index contributed by atoms with van der Waals surface area (Å²) in [6, 6.07) is 2.10. The fourth-order valence-corrected chi connectivity index (χ4v) is 3.15. The first kappa shape index (κ1) is 10.3. The standard InChI is InChI=1S/C11H17ClN2/c12-11(5-13)8-14-6-9-2-1-3-10(4-9)7-14/h9-11H,1-4,6-8H2. The van der Waals surface area contributed by atoms with Crippen molar-refractivity contribution >= 4 is 11.6 Å². The number of rotatable bonds is 2. The van der Waals surface area contributed by atoms with E-state index in [0.29, 0.717) is 0 Å². The van der Waals surface area contributed by atoms with Crippen molar-refractivity contribution < 1.29 is 0 Å². The van der Waals surface area contributed by atoms with Crippen LogP contribution in [0.4, 0.5) is 0 Å². The highest BCUT2D eigenvalue weighted by molar-refractivity contribution is 6.22. The predicted octanol–water partition coefficient (Wildman–Crippen LogP) is 2.24. The van der Waals surface area contributed by atoms with Gasteiger partial charge in [0.2, 0.25) is 0 Å². The Labute approximate surface area is 90.8 Å². The van der Waals surface area contributed by atoms with E-state index in [9.17, 15) is 0 Å². The third-order valence-electron chi connectivity index (χ3n) is 3.48. The second-order valence-corrected chi connectivity index (χ2v) is 5.24. The Morgan fingerprint density at radius 3 is 2.57 bits per heavy atom. The molecule has 3 heteroatoms. The molecule has 0 amide bonds. The molecule has 78 valence electrons. The lowest BCUT2D eigenvalue weighted by molar-refractivity contribution is 0.0886. The zero-order chi connectivity index (χ0) is 9.97.